The molecule has 19 heavy (non-hydrogen) atoms. The van der Waals surface area contributed by atoms with E-state index in [1.54, 1.807) is 0 Å². The first-order valence-corrected chi connectivity index (χ1v) is 7.62. The highest BCUT2D eigenvalue weighted by molar-refractivity contribution is 9.10. The van der Waals surface area contributed by atoms with E-state index >= 15 is 0 Å². The predicted molar refractivity (Wildman–Crippen MR) is 80.7 cm³/mol. The number of nitrogens with two attached hydrogens (primary N) is 1. The van der Waals surface area contributed by atoms with Crippen LogP contribution in [0.3, 0.4) is 0 Å². The van der Waals surface area contributed by atoms with E-state index in [0.717, 1.165) is 35.7 Å². The summed E-state index contributed by atoms with van der Waals surface area (Å²) in [6.45, 7) is 2.00. The first kappa shape index (κ1) is 14.5. The van der Waals surface area contributed by atoms with Crippen LogP contribution in [-0.2, 0) is 4.79 Å². The van der Waals surface area contributed by atoms with Gasteiger partial charge in [-0.05, 0) is 37.5 Å². The molecular formula is C15H21BrN2O. The van der Waals surface area contributed by atoms with Gasteiger partial charge in [-0.25, -0.2) is 0 Å². The van der Waals surface area contributed by atoms with Crippen molar-refractivity contribution in [2.24, 2.45) is 5.73 Å². The number of amides is 1. The Morgan fingerprint density at radius 3 is 2.53 bits per heavy atom. The van der Waals surface area contributed by atoms with Gasteiger partial charge >= 0.3 is 0 Å². The molecule has 0 unspecified atom stereocenters. The fraction of sp³-hybridized carbons (Fsp3) is 0.533. The summed E-state index contributed by atoms with van der Waals surface area (Å²) in [6.07, 6.45) is 4.66. The zero-order chi connectivity index (χ0) is 13.9. The van der Waals surface area contributed by atoms with Crippen molar-refractivity contribution in [2.45, 2.75) is 50.6 Å². The van der Waals surface area contributed by atoms with Crippen LogP contribution in [0.4, 0.5) is 0 Å². The van der Waals surface area contributed by atoms with Gasteiger partial charge in [-0.3, -0.25) is 4.79 Å². The summed E-state index contributed by atoms with van der Waals surface area (Å²) in [6, 6.07) is 8.02. The van der Waals surface area contributed by atoms with Gasteiger partial charge in [0.2, 0.25) is 5.91 Å². The summed E-state index contributed by atoms with van der Waals surface area (Å²) in [5.74, 6) is 0.0554. The number of carbonyl (C=O) groups is 1. The molecule has 1 aliphatic carbocycles. The second kappa shape index (κ2) is 6.06. The topological polar surface area (TPSA) is 55.1 Å². The van der Waals surface area contributed by atoms with Crippen molar-refractivity contribution in [3.05, 3.63) is 34.3 Å². The quantitative estimate of drug-likeness (QED) is 0.892. The molecule has 1 amide bonds. The minimum Gasteiger partial charge on any atom is -0.350 e. The summed E-state index contributed by atoms with van der Waals surface area (Å²) in [7, 11) is 0. The second-order valence-corrected chi connectivity index (χ2v) is 6.50. The fourth-order valence-corrected chi connectivity index (χ4v) is 2.97. The number of carbonyl (C=O) groups excluding carboxylic acids is 1. The van der Waals surface area contributed by atoms with Crippen LogP contribution >= 0.6 is 15.9 Å². The molecule has 1 aromatic rings. The smallest absolute Gasteiger partial charge is 0.222 e. The molecule has 1 fully saturated rings. The van der Waals surface area contributed by atoms with Crippen LogP contribution in [0, 0.1) is 0 Å². The molecule has 1 atom stereocenters. The average Bonchev–Trinajstić information content (AvgIpc) is 2.76. The summed E-state index contributed by atoms with van der Waals surface area (Å²) in [5, 5.41) is 3.03. The van der Waals surface area contributed by atoms with E-state index in [2.05, 4.69) is 21.2 Å². The Bertz CT molecular complexity index is 438. The van der Waals surface area contributed by atoms with Gasteiger partial charge in [0, 0.05) is 16.4 Å². The van der Waals surface area contributed by atoms with Gasteiger partial charge in [-0.2, -0.15) is 0 Å². The van der Waals surface area contributed by atoms with Gasteiger partial charge in [-0.1, -0.05) is 40.9 Å². The van der Waals surface area contributed by atoms with E-state index < -0.39 is 0 Å². The minimum atomic E-state index is -0.274. The Kier molecular flexibility index (Phi) is 4.63. The molecule has 0 radical (unpaired) electrons. The molecule has 2 rings (SSSR count). The van der Waals surface area contributed by atoms with Crippen molar-refractivity contribution in [2.75, 3.05) is 0 Å². The minimum absolute atomic E-state index is 0.0191. The molecule has 4 heteroatoms. The summed E-state index contributed by atoms with van der Waals surface area (Å²) >= 11 is 3.41. The Labute approximate surface area is 123 Å². The average molecular weight is 325 g/mol. The molecule has 0 bridgehead atoms. The predicted octanol–water partition coefficient (Wildman–Crippen LogP) is 3.29. The van der Waals surface area contributed by atoms with E-state index in [4.69, 9.17) is 5.73 Å². The fourth-order valence-electron chi connectivity index (χ4n) is 2.70. The molecule has 0 aromatic heterocycles. The lowest BCUT2D eigenvalue weighted by Gasteiger charge is -2.24. The lowest BCUT2D eigenvalue weighted by atomic mass is 9.94. The molecule has 0 heterocycles. The molecule has 1 saturated carbocycles. The van der Waals surface area contributed by atoms with Crippen LogP contribution < -0.4 is 11.1 Å². The van der Waals surface area contributed by atoms with Crippen molar-refractivity contribution in [1.29, 1.82) is 0 Å². The molecular weight excluding hydrogens is 304 g/mol. The van der Waals surface area contributed by atoms with Crippen LogP contribution in [-0.4, -0.2) is 11.4 Å². The molecule has 1 aliphatic rings. The third-order valence-electron chi connectivity index (χ3n) is 3.86. The van der Waals surface area contributed by atoms with Gasteiger partial charge < -0.3 is 11.1 Å². The van der Waals surface area contributed by atoms with E-state index in [9.17, 15) is 4.79 Å². The summed E-state index contributed by atoms with van der Waals surface area (Å²) in [4.78, 5) is 12.1. The van der Waals surface area contributed by atoms with Crippen LogP contribution in [0.5, 0.6) is 0 Å². The molecule has 3 nitrogen and oxygen atoms in total. The maximum Gasteiger partial charge on any atom is 0.222 e. The van der Waals surface area contributed by atoms with E-state index in [1.807, 2.05) is 31.2 Å². The molecule has 104 valence electrons. The zero-order valence-electron chi connectivity index (χ0n) is 11.3. The van der Waals surface area contributed by atoms with Gasteiger partial charge in [-0.15, -0.1) is 0 Å². The zero-order valence-corrected chi connectivity index (χ0v) is 12.9. The van der Waals surface area contributed by atoms with Gasteiger partial charge in [0.15, 0.2) is 0 Å². The van der Waals surface area contributed by atoms with Crippen molar-refractivity contribution < 1.29 is 4.79 Å². The third kappa shape index (κ3) is 4.05. The maximum absolute atomic E-state index is 12.1. The molecule has 0 spiro atoms. The van der Waals surface area contributed by atoms with Crippen LogP contribution in [0.15, 0.2) is 28.7 Å². The molecule has 0 aliphatic heterocycles. The van der Waals surface area contributed by atoms with Crippen LogP contribution in [0.2, 0.25) is 0 Å². The Morgan fingerprint density at radius 1 is 1.37 bits per heavy atom. The normalized spacial score (nSPS) is 19.1. The van der Waals surface area contributed by atoms with Gasteiger partial charge in [0.05, 0.1) is 6.04 Å². The van der Waals surface area contributed by atoms with E-state index in [1.165, 1.54) is 0 Å². The Balaban J connectivity index is 1.89. The van der Waals surface area contributed by atoms with Crippen LogP contribution in [0.25, 0.3) is 0 Å². The Hall–Kier alpha value is -0.870. The van der Waals surface area contributed by atoms with Crippen LogP contribution in [0.1, 0.15) is 50.6 Å². The number of benzene rings is 1. The maximum atomic E-state index is 12.1. The second-order valence-electron chi connectivity index (χ2n) is 5.59. The number of hydrogen-bond donors (Lipinski definition) is 2. The highest BCUT2D eigenvalue weighted by Crippen LogP contribution is 2.30. The third-order valence-corrected chi connectivity index (χ3v) is 4.39. The first-order chi connectivity index (χ1) is 8.98. The number of halogens is 1. The van der Waals surface area contributed by atoms with E-state index in [0.29, 0.717) is 6.42 Å². The van der Waals surface area contributed by atoms with Crippen molar-refractivity contribution in [1.82, 2.24) is 5.32 Å². The number of nitrogens with one attached hydrogen (secondary N) is 1. The summed E-state index contributed by atoms with van der Waals surface area (Å²) in [5.41, 5.74) is 7.06. The lowest BCUT2D eigenvalue weighted by Crippen LogP contribution is -2.42. The largest absolute Gasteiger partial charge is 0.350 e. The number of hydrogen-bond acceptors (Lipinski definition) is 2. The van der Waals surface area contributed by atoms with Crippen molar-refractivity contribution in [3.8, 4) is 0 Å². The standard InChI is InChI=1S/C15H21BrN2O/c1-11(12-4-6-13(16)7-5-12)18-14(19)10-15(17)8-2-3-9-15/h4-7,11H,2-3,8-10,17H2,1H3,(H,18,19)/t11-/m1/s1. The molecule has 1 aromatic carbocycles. The first-order valence-electron chi connectivity index (χ1n) is 6.82. The molecule has 0 saturated heterocycles. The van der Waals surface area contributed by atoms with Gasteiger partial charge in [0.1, 0.15) is 0 Å². The van der Waals surface area contributed by atoms with Crippen molar-refractivity contribution >= 4 is 21.8 Å². The summed E-state index contributed by atoms with van der Waals surface area (Å²) < 4.78 is 1.04. The monoisotopic (exact) mass is 324 g/mol. The number of rotatable bonds is 4. The highest BCUT2D eigenvalue weighted by Gasteiger charge is 2.31. The Morgan fingerprint density at radius 2 is 1.95 bits per heavy atom. The van der Waals surface area contributed by atoms with Crippen molar-refractivity contribution in [3.63, 3.8) is 0 Å². The van der Waals surface area contributed by atoms with E-state index in [-0.39, 0.29) is 17.5 Å². The highest BCUT2D eigenvalue weighted by atomic mass is 79.9. The molecule has 3 N–H and O–H groups in total. The SMILES string of the molecule is C[C@@H](NC(=O)CC1(N)CCCC1)c1ccc(Br)cc1. The lowest BCUT2D eigenvalue weighted by molar-refractivity contribution is -0.122. The van der Waals surface area contributed by atoms with Gasteiger partial charge in [0.25, 0.3) is 0 Å².